The Morgan fingerprint density at radius 1 is 1.50 bits per heavy atom. The van der Waals surface area contributed by atoms with Crippen LogP contribution in [0, 0.1) is 0 Å². The van der Waals surface area contributed by atoms with Gasteiger partial charge in [0, 0.05) is 12.8 Å². The first-order valence-corrected chi connectivity index (χ1v) is 5.46. The Bertz CT molecular complexity index is 192. The van der Waals surface area contributed by atoms with E-state index in [0.29, 0.717) is 6.54 Å². The molecule has 0 aliphatic carbocycles. The van der Waals surface area contributed by atoms with E-state index in [0.717, 1.165) is 19.4 Å². The number of nitrogens with one attached hydrogen (secondary N) is 1. The molecule has 1 heterocycles. The standard InChI is InChI=1S/C6H13NO2S/c1-10(8,9)6-3-2-4-7-5-6/h6-7H,2-5H2,1H3. The van der Waals surface area contributed by atoms with Gasteiger partial charge >= 0.3 is 0 Å². The Hall–Kier alpha value is -0.0900. The fourth-order valence-corrected chi connectivity index (χ4v) is 2.20. The van der Waals surface area contributed by atoms with E-state index in [1.54, 1.807) is 0 Å². The molecule has 1 fully saturated rings. The largest absolute Gasteiger partial charge is 0.315 e. The number of rotatable bonds is 1. The minimum absolute atomic E-state index is 0.138. The molecule has 0 aromatic heterocycles. The molecule has 0 amide bonds. The van der Waals surface area contributed by atoms with Gasteiger partial charge in [-0.3, -0.25) is 0 Å². The summed E-state index contributed by atoms with van der Waals surface area (Å²) in [6.07, 6.45) is 3.12. The maximum Gasteiger partial charge on any atom is 0.151 e. The van der Waals surface area contributed by atoms with Gasteiger partial charge in [-0.05, 0) is 19.4 Å². The van der Waals surface area contributed by atoms with Gasteiger partial charge < -0.3 is 5.32 Å². The Labute approximate surface area is 61.7 Å². The summed E-state index contributed by atoms with van der Waals surface area (Å²) in [5, 5.41) is 2.92. The molecule has 0 aromatic rings. The van der Waals surface area contributed by atoms with Crippen molar-refractivity contribution in [1.82, 2.24) is 5.32 Å². The Morgan fingerprint density at radius 2 is 2.20 bits per heavy atom. The van der Waals surface area contributed by atoms with Gasteiger partial charge in [0.25, 0.3) is 0 Å². The summed E-state index contributed by atoms with van der Waals surface area (Å²) in [5.74, 6) is 0. The number of piperidine rings is 1. The van der Waals surface area contributed by atoms with Crippen LogP contribution in [0.4, 0.5) is 0 Å². The first kappa shape index (κ1) is 8.01. The molecule has 1 aliphatic rings. The highest BCUT2D eigenvalue weighted by molar-refractivity contribution is 7.91. The van der Waals surface area contributed by atoms with Gasteiger partial charge in [0.1, 0.15) is 0 Å². The van der Waals surface area contributed by atoms with Crippen LogP contribution in [0.15, 0.2) is 0 Å². The highest BCUT2D eigenvalue weighted by Gasteiger charge is 2.22. The summed E-state index contributed by atoms with van der Waals surface area (Å²) in [5.41, 5.74) is 0. The van der Waals surface area contributed by atoms with E-state index in [1.807, 2.05) is 0 Å². The lowest BCUT2D eigenvalue weighted by molar-refractivity contribution is 0.499. The van der Waals surface area contributed by atoms with Gasteiger partial charge in [-0.25, -0.2) is 8.42 Å². The average molecular weight is 163 g/mol. The van der Waals surface area contributed by atoms with Gasteiger partial charge in [-0.15, -0.1) is 0 Å². The van der Waals surface area contributed by atoms with Gasteiger partial charge in [-0.2, -0.15) is 0 Å². The second-order valence-electron chi connectivity index (χ2n) is 2.80. The van der Waals surface area contributed by atoms with E-state index in [-0.39, 0.29) is 5.25 Å². The Balaban J connectivity index is 2.56. The second kappa shape index (κ2) is 2.88. The molecule has 4 heteroatoms. The van der Waals surface area contributed by atoms with Crippen LogP contribution in [0.5, 0.6) is 0 Å². The van der Waals surface area contributed by atoms with E-state index in [4.69, 9.17) is 0 Å². The number of hydrogen-bond donors (Lipinski definition) is 1. The molecule has 1 aliphatic heterocycles. The molecule has 3 nitrogen and oxygen atoms in total. The van der Waals surface area contributed by atoms with Gasteiger partial charge in [0.05, 0.1) is 5.25 Å². The molecule has 1 atom stereocenters. The van der Waals surface area contributed by atoms with Crippen LogP contribution in [0.3, 0.4) is 0 Å². The van der Waals surface area contributed by atoms with Crippen LogP contribution in [0.1, 0.15) is 12.8 Å². The van der Waals surface area contributed by atoms with Crippen molar-refractivity contribution in [3.05, 3.63) is 0 Å². The third-order valence-electron chi connectivity index (χ3n) is 1.86. The highest BCUT2D eigenvalue weighted by atomic mass is 32.2. The molecule has 10 heavy (non-hydrogen) atoms. The van der Waals surface area contributed by atoms with Crippen LogP contribution >= 0.6 is 0 Å². The maximum atomic E-state index is 10.9. The zero-order valence-corrected chi connectivity index (χ0v) is 6.95. The van der Waals surface area contributed by atoms with Gasteiger partial charge in [0.15, 0.2) is 9.84 Å². The van der Waals surface area contributed by atoms with Gasteiger partial charge in [0.2, 0.25) is 0 Å². The molecule has 60 valence electrons. The Morgan fingerprint density at radius 3 is 2.50 bits per heavy atom. The van der Waals surface area contributed by atoms with E-state index in [2.05, 4.69) is 5.32 Å². The summed E-state index contributed by atoms with van der Waals surface area (Å²) < 4.78 is 21.9. The van der Waals surface area contributed by atoms with Crippen molar-refractivity contribution in [3.63, 3.8) is 0 Å². The Kier molecular flexibility index (Phi) is 2.31. The molecular weight excluding hydrogens is 150 g/mol. The monoisotopic (exact) mass is 163 g/mol. The van der Waals surface area contributed by atoms with Crippen molar-refractivity contribution in [2.24, 2.45) is 0 Å². The minimum atomic E-state index is -2.79. The molecule has 0 saturated carbocycles. The van der Waals surface area contributed by atoms with Crippen LogP contribution in [0.2, 0.25) is 0 Å². The average Bonchev–Trinajstić information content (AvgIpc) is 1.88. The third kappa shape index (κ3) is 1.95. The molecule has 0 spiro atoms. The molecular formula is C6H13NO2S. The lowest BCUT2D eigenvalue weighted by Crippen LogP contribution is -2.38. The van der Waals surface area contributed by atoms with Crippen molar-refractivity contribution in [3.8, 4) is 0 Å². The smallest absolute Gasteiger partial charge is 0.151 e. The lowest BCUT2D eigenvalue weighted by atomic mass is 10.2. The first-order chi connectivity index (χ1) is 4.61. The molecule has 1 rings (SSSR count). The lowest BCUT2D eigenvalue weighted by Gasteiger charge is -2.20. The number of sulfone groups is 1. The molecule has 0 radical (unpaired) electrons. The zero-order chi connectivity index (χ0) is 7.61. The zero-order valence-electron chi connectivity index (χ0n) is 6.13. The topological polar surface area (TPSA) is 46.2 Å². The molecule has 1 saturated heterocycles. The maximum absolute atomic E-state index is 10.9. The van der Waals surface area contributed by atoms with E-state index in [1.165, 1.54) is 6.26 Å². The van der Waals surface area contributed by atoms with Crippen LogP contribution in [-0.4, -0.2) is 33.0 Å². The van der Waals surface area contributed by atoms with Crippen molar-refractivity contribution in [2.45, 2.75) is 18.1 Å². The van der Waals surface area contributed by atoms with Crippen molar-refractivity contribution >= 4 is 9.84 Å². The summed E-state index contributed by atoms with van der Waals surface area (Å²) >= 11 is 0. The summed E-state index contributed by atoms with van der Waals surface area (Å²) in [6, 6.07) is 0. The highest BCUT2D eigenvalue weighted by Crippen LogP contribution is 2.09. The molecule has 0 aromatic carbocycles. The predicted octanol–water partition coefficient (Wildman–Crippen LogP) is -0.217. The summed E-state index contributed by atoms with van der Waals surface area (Å²) in [6.45, 7) is 1.60. The van der Waals surface area contributed by atoms with Crippen molar-refractivity contribution in [1.29, 1.82) is 0 Å². The third-order valence-corrected chi connectivity index (χ3v) is 3.47. The fourth-order valence-electron chi connectivity index (χ4n) is 1.19. The van der Waals surface area contributed by atoms with Crippen molar-refractivity contribution in [2.75, 3.05) is 19.3 Å². The fraction of sp³-hybridized carbons (Fsp3) is 1.00. The van der Waals surface area contributed by atoms with Gasteiger partial charge in [-0.1, -0.05) is 0 Å². The predicted molar refractivity (Wildman–Crippen MR) is 40.7 cm³/mol. The summed E-state index contributed by atoms with van der Waals surface area (Å²) in [4.78, 5) is 0. The summed E-state index contributed by atoms with van der Waals surface area (Å²) in [7, 11) is -2.79. The normalized spacial score (nSPS) is 28.3. The minimum Gasteiger partial charge on any atom is -0.315 e. The first-order valence-electron chi connectivity index (χ1n) is 3.50. The van der Waals surface area contributed by atoms with E-state index in [9.17, 15) is 8.42 Å². The van der Waals surface area contributed by atoms with Crippen LogP contribution < -0.4 is 5.32 Å². The molecule has 1 N–H and O–H groups in total. The number of hydrogen-bond acceptors (Lipinski definition) is 3. The van der Waals surface area contributed by atoms with Crippen LogP contribution in [-0.2, 0) is 9.84 Å². The SMILES string of the molecule is CS(=O)(=O)C1CCCNC1. The molecule has 0 bridgehead atoms. The van der Waals surface area contributed by atoms with E-state index >= 15 is 0 Å². The molecule has 1 unspecified atom stereocenters. The quantitative estimate of drug-likeness (QED) is 0.581. The van der Waals surface area contributed by atoms with E-state index < -0.39 is 9.84 Å². The van der Waals surface area contributed by atoms with Crippen molar-refractivity contribution < 1.29 is 8.42 Å². The van der Waals surface area contributed by atoms with Crippen LogP contribution in [0.25, 0.3) is 0 Å². The second-order valence-corrected chi connectivity index (χ2v) is 5.12.